The van der Waals surface area contributed by atoms with Crippen LogP contribution in [0, 0.1) is 5.92 Å². The molecule has 0 amide bonds. The van der Waals surface area contributed by atoms with E-state index in [0.29, 0.717) is 12.5 Å². The summed E-state index contributed by atoms with van der Waals surface area (Å²) in [6.07, 6.45) is 0.321. The molecule has 0 bridgehead atoms. The molecule has 0 saturated carbocycles. The molecule has 3 saturated heterocycles. The van der Waals surface area contributed by atoms with Crippen molar-refractivity contribution in [1.82, 2.24) is 0 Å². The van der Waals surface area contributed by atoms with Crippen molar-refractivity contribution in [3.8, 4) is 0 Å². The summed E-state index contributed by atoms with van der Waals surface area (Å²) in [5, 5.41) is 0. The summed E-state index contributed by atoms with van der Waals surface area (Å²) in [5.74, 6) is -0.00169. The summed E-state index contributed by atoms with van der Waals surface area (Å²) in [5.41, 5.74) is 0. The Morgan fingerprint density at radius 3 is 2.56 bits per heavy atom. The van der Waals surface area contributed by atoms with E-state index in [1.54, 1.807) is 0 Å². The first-order valence-corrected chi connectivity index (χ1v) is 7.28. The van der Waals surface area contributed by atoms with E-state index in [9.17, 15) is 0 Å². The lowest BCUT2D eigenvalue weighted by Gasteiger charge is -2.34. The molecule has 0 radical (unpaired) electrons. The molecule has 3 fully saturated rings. The van der Waals surface area contributed by atoms with Gasteiger partial charge in [-0.1, -0.05) is 22.6 Å². The molecule has 0 spiro atoms. The fourth-order valence-corrected chi connectivity index (χ4v) is 3.57. The maximum Gasteiger partial charge on any atom is 0.164 e. The van der Waals surface area contributed by atoms with E-state index < -0.39 is 5.79 Å². The van der Waals surface area contributed by atoms with Crippen molar-refractivity contribution in [1.29, 1.82) is 0 Å². The molecule has 5 heteroatoms. The third kappa shape index (κ3) is 1.80. The molecule has 0 aliphatic carbocycles. The summed E-state index contributed by atoms with van der Waals surface area (Å²) in [7, 11) is 0. The lowest BCUT2D eigenvalue weighted by molar-refractivity contribution is -0.156. The summed E-state index contributed by atoms with van der Waals surface area (Å²) in [6.45, 7) is 5.31. The van der Waals surface area contributed by atoms with Gasteiger partial charge in [0, 0.05) is 10.3 Å². The monoisotopic (exact) mass is 340 g/mol. The maximum absolute atomic E-state index is 5.93. The van der Waals surface area contributed by atoms with Gasteiger partial charge >= 0.3 is 0 Å². The standard InChI is InChI=1S/C11H17IO4/c1-11(2)15-7-5-14-8-6(3-12)4-13-10(8)9(7)16-11/h6-10H,3-5H2,1-2H3/t6-,7-,8+,9-,10-/m1/s1. The quantitative estimate of drug-likeness (QED) is 0.534. The Balaban J connectivity index is 1.78. The molecule has 3 heterocycles. The SMILES string of the molecule is CC1(C)O[C@H]2[C@@H]3OC[C@@H](CI)[C@@H]3OC[C@H]2O1. The predicted octanol–water partition coefficient (Wildman–Crippen LogP) is 1.36. The van der Waals surface area contributed by atoms with Gasteiger partial charge in [-0.3, -0.25) is 0 Å². The Morgan fingerprint density at radius 1 is 1.06 bits per heavy atom. The number of halogens is 1. The van der Waals surface area contributed by atoms with Gasteiger partial charge in [-0.05, 0) is 13.8 Å². The highest BCUT2D eigenvalue weighted by Crippen LogP contribution is 2.40. The summed E-state index contributed by atoms with van der Waals surface area (Å²) in [6, 6.07) is 0. The van der Waals surface area contributed by atoms with Gasteiger partial charge in [0.25, 0.3) is 0 Å². The van der Waals surface area contributed by atoms with E-state index in [1.165, 1.54) is 0 Å². The van der Waals surface area contributed by atoms with Gasteiger partial charge < -0.3 is 18.9 Å². The van der Waals surface area contributed by atoms with Crippen LogP contribution in [0.1, 0.15) is 13.8 Å². The normalized spacial score (nSPS) is 50.1. The molecule has 4 nitrogen and oxygen atoms in total. The van der Waals surface area contributed by atoms with Crippen molar-refractivity contribution in [2.24, 2.45) is 5.92 Å². The predicted molar refractivity (Wildman–Crippen MR) is 65.7 cm³/mol. The van der Waals surface area contributed by atoms with Crippen LogP contribution >= 0.6 is 22.6 Å². The average molecular weight is 340 g/mol. The Morgan fingerprint density at radius 2 is 1.81 bits per heavy atom. The molecule has 92 valence electrons. The van der Waals surface area contributed by atoms with Gasteiger partial charge in [-0.2, -0.15) is 0 Å². The van der Waals surface area contributed by atoms with E-state index in [2.05, 4.69) is 22.6 Å². The third-order valence-electron chi connectivity index (χ3n) is 3.49. The minimum absolute atomic E-state index is 0.0317. The topological polar surface area (TPSA) is 36.9 Å². The van der Waals surface area contributed by atoms with Crippen molar-refractivity contribution in [3.05, 3.63) is 0 Å². The number of hydrogen-bond acceptors (Lipinski definition) is 4. The minimum atomic E-state index is -0.501. The molecule has 0 unspecified atom stereocenters. The van der Waals surface area contributed by atoms with E-state index in [4.69, 9.17) is 18.9 Å². The summed E-state index contributed by atoms with van der Waals surface area (Å²) < 4.78 is 24.5. The van der Waals surface area contributed by atoms with E-state index in [1.807, 2.05) is 13.8 Å². The van der Waals surface area contributed by atoms with E-state index in [-0.39, 0.29) is 24.4 Å². The molecule has 16 heavy (non-hydrogen) atoms. The number of fused-ring (bicyclic) bond motifs is 3. The Hall–Kier alpha value is 0.570. The van der Waals surface area contributed by atoms with E-state index >= 15 is 0 Å². The molecule has 0 aromatic carbocycles. The Bertz CT molecular complexity index is 283. The number of alkyl halides is 1. The number of rotatable bonds is 1. The average Bonchev–Trinajstić information content (AvgIpc) is 2.75. The van der Waals surface area contributed by atoms with Crippen LogP contribution in [0.15, 0.2) is 0 Å². The molecule has 0 aromatic rings. The smallest absolute Gasteiger partial charge is 0.164 e. The largest absolute Gasteiger partial charge is 0.372 e. The van der Waals surface area contributed by atoms with Gasteiger partial charge in [-0.25, -0.2) is 0 Å². The van der Waals surface area contributed by atoms with Crippen molar-refractivity contribution in [3.63, 3.8) is 0 Å². The maximum atomic E-state index is 5.93. The highest BCUT2D eigenvalue weighted by atomic mass is 127. The molecule has 0 aromatic heterocycles. The Kier molecular flexibility index (Phi) is 2.95. The van der Waals surface area contributed by atoms with Crippen molar-refractivity contribution >= 4 is 22.6 Å². The second kappa shape index (κ2) is 4.05. The van der Waals surface area contributed by atoms with Crippen molar-refractivity contribution < 1.29 is 18.9 Å². The second-order valence-corrected chi connectivity index (χ2v) is 6.03. The van der Waals surface area contributed by atoms with E-state index in [0.717, 1.165) is 11.0 Å². The number of hydrogen-bond donors (Lipinski definition) is 0. The van der Waals surface area contributed by atoms with Crippen LogP contribution in [-0.4, -0.2) is 47.8 Å². The van der Waals surface area contributed by atoms with Gasteiger partial charge in [0.1, 0.15) is 18.3 Å². The molecular formula is C11H17IO4. The van der Waals surface area contributed by atoms with Crippen LogP contribution in [0.3, 0.4) is 0 Å². The molecule has 5 atom stereocenters. The fourth-order valence-electron chi connectivity index (χ4n) is 2.81. The van der Waals surface area contributed by atoms with Gasteiger partial charge in [0.2, 0.25) is 0 Å². The van der Waals surface area contributed by atoms with Crippen LogP contribution in [0.2, 0.25) is 0 Å². The Labute approximate surface area is 109 Å². The highest BCUT2D eigenvalue weighted by Gasteiger charge is 2.55. The first kappa shape index (κ1) is 11.6. The lowest BCUT2D eigenvalue weighted by Crippen LogP contribution is -2.51. The molecule has 3 rings (SSSR count). The van der Waals surface area contributed by atoms with Crippen LogP contribution in [0.4, 0.5) is 0 Å². The zero-order valence-electron chi connectivity index (χ0n) is 9.52. The van der Waals surface area contributed by atoms with Crippen molar-refractivity contribution in [2.75, 3.05) is 17.6 Å². The second-order valence-electron chi connectivity index (χ2n) is 5.15. The molecular weight excluding hydrogens is 323 g/mol. The fraction of sp³-hybridized carbons (Fsp3) is 1.00. The zero-order valence-corrected chi connectivity index (χ0v) is 11.7. The lowest BCUT2D eigenvalue weighted by atomic mass is 9.95. The molecule has 3 aliphatic heterocycles. The van der Waals surface area contributed by atoms with Gasteiger partial charge in [-0.15, -0.1) is 0 Å². The van der Waals surface area contributed by atoms with Crippen LogP contribution in [0.5, 0.6) is 0 Å². The number of ether oxygens (including phenoxy) is 4. The summed E-state index contributed by atoms with van der Waals surface area (Å²) >= 11 is 2.39. The van der Waals surface area contributed by atoms with Crippen LogP contribution in [-0.2, 0) is 18.9 Å². The van der Waals surface area contributed by atoms with Crippen molar-refractivity contribution in [2.45, 2.75) is 44.1 Å². The van der Waals surface area contributed by atoms with Crippen LogP contribution < -0.4 is 0 Å². The zero-order chi connectivity index (χ0) is 11.3. The first-order chi connectivity index (χ1) is 7.61. The van der Waals surface area contributed by atoms with Gasteiger partial charge in [0.15, 0.2) is 5.79 Å². The minimum Gasteiger partial charge on any atom is -0.372 e. The van der Waals surface area contributed by atoms with Gasteiger partial charge in [0.05, 0.1) is 19.3 Å². The molecule has 3 aliphatic rings. The summed E-state index contributed by atoms with van der Waals surface area (Å²) in [4.78, 5) is 0. The third-order valence-corrected chi connectivity index (χ3v) is 4.62. The first-order valence-electron chi connectivity index (χ1n) is 5.75. The highest BCUT2D eigenvalue weighted by molar-refractivity contribution is 14.1. The van der Waals surface area contributed by atoms with Crippen LogP contribution in [0.25, 0.3) is 0 Å². The molecule has 0 N–H and O–H groups in total.